The van der Waals surface area contributed by atoms with E-state index in [-0.39, 0.29) is 12.5 Å². The summed E-state index contributed by atoms with van der Waals surface area (Å²) in [5.74, 6) is -0.773. The van der Waals surface area contributed by atoms with E-state index in [1.54, 1.807) is 0 Å². The Morgan fingerprint density at radius 2 is 1.28 bits per heavy atom. The molecule has 0 spiro atoms. The Labute approximate surface area is 177 Å². The molecule has 0 heterocycles. The minimum atomic E-state index is -0.773. The van der Waals surface area contributed by atoms with Crippen LogP contribution in [-0.4, -0.2) is 28.9 Å². The van der Waals surface area contributed by atoms with Crippen LogP contribution in [0.4, 0.5) is 0 Å². The highest BCUT2D eigenvalue weighted by Crippen LogP contribution is 2.14. The fraction of sp³-hybridized carbons (Fsp3) is 0.720. The summed E-state index contributed by atoms with van der Waals surface area (Å²) in [5, 5.41) is 18.4. The molecule has 0 aliphatic rings. The van der Waals surface area contributed by atoms with Crippen molar-refractivity contribution in [2.75, 3.05) is 6.61 Å². The van der Waals surface area contributed by atoms with Crippen molar-refractivity contribution in [2.45, 2.75) is 109 Å². The smallest absolute Gasteiger partial charge is 0.303 e. The fourth-order valence-corrected chi connectivity index (χ4v) is 3.57. The Balaban J connectivity index is 1.73. The molecule has 0 saturated carbocycles. The number of carboxylic acid groups (broad SMARTS) is 1. The Bertz CT molecular complexity index is 489. The summed E-state index contributed by atoms with van der Waals surface area (Å²) in [4.78, 5) is 10.4. The van der Waals surface area contributed by atoms with E-state index >= 15 is 0 Å². The zero-order valence-electron chi connectivity index (χ0n) is 18.2. The summed E-state index contributed by atoms with van der Waals surface area (Å²) in [6.07, 6.45) is 15.7. The topological polar surface area (TPSA) is 66.8 Å². The van der Waals surface area contributed by atoms with E-state index in [1.807, 2.05) is 6.07 Å². The molecule has 1 aromatic carbocycles. The van der Waals surface area contributed by atoms with Crippen LogP contribution in [0.25, 0.3) is 0 Å². The lowest BCUT2D eigenvalue weighted by atomic mass is 10.0. The van der Waals surface area contributed by atoms with Crippen molar-refractivity contribution in [3.05, 3.63) is 35.9 Å². The molecular weight excluding hydrogens is 364 g/mol. The van der Waals surface area contributed by atoms with E-state index in [1.165, 1.54) is 63.4 Å². The van der Waals surface area contributed by atoms with Crippen LogP contribution in [0, 0.1) is 0 Å². The van der Waals surface area contributed by atoms with Gasteiger partial charge >= 0.3 is 5.97 Å². The van der Waals surface area contributed by atoms with Crippen molar-refractivity contribution >= 4 is 5.97 Å². The Morgan fingerprint density at radius 3 is 1.86 bits per heavy atom. The molecule has 0 amide bonds. The summed E-state index contributed by atoms with van der Waals surface area (Å²) in [6.45, 7) is 1.59. The molecular formula is C25H42O4. The number of carbonyl (C=O) groups is 1. The molecule has 4 heteroatoms. The SMILES string of the molecule is O=C(O)CCCC(O)CCCCCCCCCCCCCOCc1ccccc1. The number of unbranched alkanes of at least 4 members (excludes halogenated alkanes) is 10. The van der Waals surface area contributed by atoms with E-state index < -0.39 is 5.97 Å². The highest BCUT2D eigenvalue weighted by Gasteiger charge is 2.05. The van der Waals surface area contributed by atoms with E-state index in [9.17, 15) is 9.90 Å². The summed E-state index contributed by atoms with van der Waals surface area (Å²) in [5.41, 5.74) is 1.25. The van der Waals surface area contributed by atoms with Gasteiger partial charge < -0.3 is 14.9 Å². The zero-order chi connectivity index (χ0) is 21.0. The van der Waals surface area contributed by atoms with Gasteiger partial charge in [0, 0.05) is 13.0 Å². The van der Waals surface area contributed by atoms with Gasteiger partial charge in [-0.25, -0.2) is 0 Å². The number of aliphatic hydroxyl groups is 1. The van der Waals surface area contributed by atoms with Crippen LogP contribution in [-0.2, 0) is 16.1 Å². The molecule has 0 radical (unpaired) electrons. The molecule has 1 aromatic rings. The average Bonchev–Trinajstić information content (AvgIpc) is 2.71. The molecule has 166 valence electrons. The number of ether oxygens (including phenoxy) is 1. The number of aliphatic hydroxyl groups excluding tert-OH is 1. The van der Waals surface area contributed by atoms with Crippen LogP contribution in [0.2, 0.25) is 0 Å². The van der Waals surface area contributed by atoms with Crippen LogP contribution in [0.15, 0.2) is 30.3 Å². The molecule has 0 bridgehead atoms. The second-order valence-electron chi connectivity index (χ2n) is 8.16. The molecule has 1 atom stereocenters. The number of aliphatic carboxylic acids is 1. The number of benzene rings is 1. The van der Waals surface area contributed by atoms with Gasteiger partial charge in [0.15, 0.2) is 0 Å². The molecule has 0 fully saturated rings. The number of hydrogen-bond donors (Lipinski definition) is 2. The highest BCUT2D eigenvalue weighted by atomic mass is 16.5. The van der Waals surface area contributed by atoms with Crippen molar-refractivity contribution in [1.29, 1.82) is 0 Å². The molecule has 4 nitrogen and oxygen atoms in total. The van der Waals surface area contributed by atoms with Crippen molar-refractivity contribution in [3.63, 3.8) is 0 Å². The van der Waals surface area contributed by atoms with Gasteiger partial charge in [0.25, 0.3) is 0 Å². The summed E-state index contributed by atoms with van der Waals surface area (Å²) < 4.78 is 5.72. The molecule has 0 saturated heterocycles. The van der Waals surface area contributed by atoms with Gasteiger partial charge in [-0.2, -0.15) is 0 Å². The predicted molar refractivity (Wildman–Crippen MR) is 119 cm³/mol. The fourth-order valence-electron chi connectivity index (χ4n) is 3.57. The van der Waals surface area contributed by atoms with Gasteiger partial charge in [0.2, 0.25) is 0 Å². The first-order chi connectivity index (χ1) is 14.2. The highest BCUT2D eigenvalue weighted by molar-refractivity contribution is 5.66. The van der Waals surface area contributed by atoms with E-state index in [0.29, 0.717) is 12.8 Å². The molecule has 1 unspecified atom stereocenters. The minimum Gasteiger partial charge on any atom is -0.481 e. The first kappa shape index (κ1) is 25.6. The Kier molecular flexibility index (Phi) is 16.5. The standard InChI is InChI=1S/C25H42O4/c26-24(19-15-20-25(27)28)18-13-8-6-4-2-1-3-5-7-9-14-21-29-22-23-16-11-10-12-17-23/h10-12,16-17,24,26H,1-9,13-15,18-22H2,(H,27,28). The van der Waals surface area contributed by atoms with Crippen LogP contribution < -0.4 is 0 Å². The maximum absolute atomic E-state index is 10.4. The quantitative estimate of drug-likeness (QED) is 0.243. The molecule has 0 aromatic heterocycles. The second kappa shape index (κ2) is 18.6. The Hall–Kier alpha value is -1.39. The maximum Gasteiger partial charge on any atom is 0.303 e. The van der Waals surface area contributed by atoms with Crippen molar-refractivity contribution in [2.24, 2.45) is 0 Å². The van der Waals surface area contributed by atoms with Crippen molar-refractivity contribution in [3.8, 4) is 0 Å². The van der Waals surface area contributed by atoms with E-state index in [4.69, 9.17) is 9.84 Å². The largest absolute Gasteiger partial charge is 0.481 e. The minimum absolute atomic E-state index is 0.166. The monoisotopic (exact) mass is 406 g/mol. The summed E-state index contributed by atoms with van der Waals surface area (Å²) >= 11 is 0. The third-order valence-electron chi connectivity index (χ3n) is 5.37. The maximum atomic E-state index is 10.4. The molecule has 0 aliphatic carbocycles. The van der Waals surface area contributed by atoms with E-state index in [2.05, 4.69) is 24.3 Å². The molecule has 29 heavy (non-hydrogen) atoms. The van der Waals surface area contributed by atoms with Gasteiger partial charge in [-0.3, -0.25) is 4.79 Å². The zero-order valence-corrected chi connectivity index (χ0v) is 18.2. The lowest BCUT2D eigenvalue weighted by Crippen LogP contribution is -2.07. The third-order valence-corrected chi connectivity index (χ3v) is 5.37. The van der Waals surface area contributed by atoms with Crippen LogP contribution in [0.3, 0.4) is 0 Å². The van der Waals surface area contributed by atoms with Crippen LogP contribution >= 0.6 is 0 Å². The van der Waals surface area contributed by atoms with Gasteiger partial charge in [-0.05, 0) is 31.2 Å². The molecule has 2 N–H and O–H groups in total. The second-order valence-corrected chi connectivity index (χ2v) is 8.16. The van der Waals surface area contributed by atoms with Crippen molar-refractivity contribution < 1.29 is 19.7 Å². The predicted octanol–water partition coefficient (Wildman–Crippen LogP) is 6.50. The van der Waals surface area contributed by atoms with Crippen LogP contribution in [0.5, 0.6) is 0 Å². The molecule has 0 aliphatic heterocycles. The number of carboxylic acids is 1. The first-order valence-electron chi connectivity index (χ1n) is 11.7. The lowest BCUT2D eigenvalue weighted by Gasteiger charge is -2.09. The van der Waals surface area contributed by atoms with Crippen LogP contribution in [0.1, 0.15) is 102 Å². The number of hydrogen-bond acceptors (Lipinski definition) is 3. The lowest BCUT2D eigenvalue weighted by molar-refractivity contribution is -0.137. The molecule has 1 rings (SSSR count). The van der Waals surface area contributed by atoms with E-state index in [0.717, 1.165) is 32.5 Å². The summed E-state index contributed by atoms with van der Waals surface area (Å²) in [7, 11) is 0. The first-order valence-corrected chi connectivity index (χ1v) is 11.7. The number of rotatable bonds is 20. The van der Waals surface area contributed by atoms with Gasteiger partial charge in [-0.1, -0.05) is 94.5 Å². The van der Waals surface area contributed by atoms with Gasteiger partial charge in [0.1, 0.15) is 0 Å². The third kappa shape index (κ3) is 17.2. The van der Waals surface area contributed by atoms with Gasteiger partial charge in [0.05, 0.1) is 12.7 Å². The van der Waals surface area contributed by atoms with Gasteiger partial charge in [-0.15, -0.1) is 0 Å². The summed E-state index contributed by atoms with van der Waals surface area (Å²) in [6, 6.07) is 10.3. The average molecular weight is 407 g/mol. The normalized spacial score (nSPS) is 12.2. The van der Waals surface area contributed by atoms with Crippen molar-refractivity contribution in [1.82, 2.24) is 0 Å². The Morgan fingerprint density at radius 1 is 0.759 bits per heavy atom.